The molecule has 2 saturated carbocycles. The highest BCUT2D eigenvalue weighted by Crippen LogP contribution is 2.57. The lowest BCUT2D eigenvalue weighted by atomic mass is 9.92. The number of fused-ring (bicyclic) bond motifs is 3. The minimum atomic E-state index is -4.25. The number of nitrogens with zero attached hydrogens (tertiary/aromatic N) is 6. The number of aryl methyl sites for hydroxylation is 1. The third kappa shape index (κ3) is 3.68. The summed E-state index contributed by atoms with van der Waals surface area (Å²) in [6.07, 6.45) is -0.0593. The number of pyridine rings is 1. The molecule has 2 atom stereocenters. The van der Waals surface area contributed by atoms with Gasteiger partial charge in [-0.25, -0.2) is 9.50 Å². The summed E-state index contributed by atoms with van der Waals surface area (Å²) in [7, 11) is 0. The van der Waals surface area contributed by atoms with Gasteiger partial charge in [0.05, 0.1) is 0 Å². The zero-order chi connectivity index (χ0) is 22.8. The molecule has 6 rings (SSSR count). The number of ether oxygens (including phenoxy) is 1. The normalized spacial score (nSPS) is 26.1. The summed E-state index contributed by atoms with van der Waals surface area (Å²) in [6, 6.07) is 3.60. The summed E-state index contributed by atoms with van der Waals surface area (Å²) in [6.45, 7) is 3.33. The minimum absolute atomic E-state index is 0.108. The Bertz CT molecular complexity index is 1160. The van der Waals surface area contributed by atoms with Crippen molar-refractivity contribution < 1.29 is 17.9 Å². The van der Waals surface area contributed by atoms with Crippen molar-refractivity contribution in [3.8, 4) is 5.75 Å². The number of hydrogen-bond donors (Lipinski definition) is 1. The Morgan fingerprint density at radius 1 is 1.21 bits per heavy atom. The smallest absolute Gasteiger partial charge is 0.397 e. The summed E-state index contributed by atoms with van der Waals surface area (Å²) >= 11 is 1.44. The van der Waals surface area contributed by atoms with E-state index in [-0.39, 0.29) is 25.5 Å². The Morgan fingerprint density at radius 2 is 1.97 bits per heavy atom. The Morgan fingerprint density at radius 3 is 2.61 bits per heavy atom. The van der Waals surface area contributed by atoms with E-state index in [0.29, 0.717) is 29.2 Å². The van der Waals surface area contributed by atoms with E-state index in [0.717, 1.165) is 36.9 Å². The zero-order valence-corrected chi connectivity index (χ0v) is 18.9. The molecule has 2 unspecified atom stereocenters. The predicted molar refractivity (Wildman–Crippen MR) is 117 cm³/mol. The van der Waals surface area contributed by atoms with E-state index in [9.17, 15) is 13.2 Å². The lowest BCUT2D eigenvalue weighted by Gasteiger charge is -2.37. The van der Waals surface area contributed by atoms with Gasteiger partial charge in [-0.1, -0.05) is 0 Å². The molecule has 1 N–H and O–H groups in total. The summed E-state index contributed by atoms with van der Waals surface area (Å²) < 4.78 is 51.3. The van der Waals surface area contributed by atoms with Gasteiger partial charge in [0.15, 0.2) is 11.4 Å². The van der Waals surface area contributed by atoms with Crippen LogP contribution >= 0.6 is 11.5 Å². The van der Waals surface area contributed by atoms with Gasteiger partial charge >= 0.3 is 6.18 Å². The molecule has 33 heavy (non-hydrogen) atoms. The van der Waals surface area contributed by atoms with Crippen molar-refractivity contribution in [1.82, 2.24) is 24.0 Å². The SMILES string of the molecule is Cc1nsc(N2CC3CCC(C2)C3Nc2nc3c(OCC4(C(F)(F)F)CC4)cccn3n2)n1. The molecule has 3 aromatic heterocycles. The molecule has 0 radical (unpaired) electrons. The highest BCUT2D eigenvalue weighted by Gasteiger charge is 2.64. The fourth-order valence-electron chi connectivity index (χ4n) is 5.11. The molecule has 3 aliphatic rings. The van der Waals surface area contributed by atoms with Crippen LogP contribution in [0.3, 0.4) is 0 Å². The van der Waals surface area contributed by atoms with E-state index in [1.165, 1.54) is 11.5 Å². The molecule has 2 bridgehead atoms. The molecule has 4 heterocycles. The van der Waals surface area contributed by atoms with Gasteiger partial charge in [-0.3, -0.25) is 0 Å². The monoisotopic (exact) mass is 479 g/mol. The zero-order valence-electron chi connectivity index (χ0n) is 18.0. The van der Waals surface area contributed by atoms with Gasteiger partial charge in [0.1, 0.15) is 17.8 Å². The van der Waals surface area contributed by atoms with Crippen molar-refractivity contribution in [1.29, 1.82) is 0 Å². The predicted octanol–water partition coefficient (Wildman–Crippen LogP) is 3.94. The molecule has 176 valence electrons. The summed E-state index contributed by atoms with van der Waals surface area (Å²) in [5.41, 5.74) is -1.30. The Balaban J connectivity index is 1.17. The standard InChI is InChI=1S/C21H24F3N7OS/c1-12-25-19(33-29-12)30-9-13-4-5-14(10-30)16(13)26-18-27-17-15(3-2-8-31(17)28-18)32-11-20(6-7-20)21(22,23)24/h2-3,8,13-14,16H,4-7,9-11H2,1H3,(H,26,28). The van der Waals surface area contributed by atoms with Crippen LogP contribution in [0.5, 0.6) is 5.75 Å². The van der Waals surface area contributed by atoms with Crippen LogP contribution in [0.1, 0.15) is 31.5 Å². The lowest BCUT2D eigenvalue weighted by molar-refractivity contribution is -0.194. The van der Waals surface area contributed by atoms with Crippen molar-refractivity contribution in [2.45, 2.75) is 44.8 Å². The number of rotatable bonds is 6. The first-order chi connectivity index (χ1) is 15.8. The van der Waals surface area contributed by atoms with Crippen LogP contribution in [0.15, 0.2) is 18.3 Å². The highest BCUT2D eigenvalue weighted by atomic mass is 32.1. The van der Waals surface area contributed by atoms with Crippen LogP contribution in [-0.2, 0) is 0 Å². The van der Waals surface area contributed by atoms with E-state index in [2.05, 4.69) is 29.7 Å². The maximum absolute atomic E-state index is 13.3. The van der Waals surface area contributed by atoms with E-state index in [1.54, 1.807) is 22.8 Å². The van der Waals surface area contributed by atoms with Crippen LogP contribution in [-0.4, -0.2) is 55.9 Å². The summed E-state index contributed by atoms with van der Waals surface area (Å²) in [4.78, 5) is 11.4. The largest absolute Gasteiger partial charge is 0.489 e. The highest BCUT2D eigenvalue weighted by molar-refractivity contribution is 7.09. The Labute approximate surface area is 192 Å². The molecule has 3 aromatic rings. The van der Waals surface area contributed by atoms with Crippen molar-refractivity contribution >= 4 is 28.3 Å². The topological polar surface area (TPSA) is 80.5 Å². The molecule has 12 heteroatoms. The van der Waals surface area contributed by atoms with Crippen LogP contribution in [0.2, 0.25) is 0 Å². The quantitative estimate of drug-likeness (QED) is 0.574. The number of anilines is 2. The molecular weight excluding hydrogens is 455 g/mol. The Kier molecular flexibility index (Phi) is 4.72. The van der Waals surface area contributed by atoms with Crippen LogP contribution < -0.4 is 15.0 Å². The fourth-order valence-corrected chi connectivity index (χ4v) is 5.80. The van der Waals surface area contributed by atoms with Crippen LogP contribution in [0.25, 0.3) is 5.65 Å². The first-order valence-electron chi connectivity index (χ1n) is 11.2. The van der Waals surface area contributed by atoms with Crippen LogP contribution in [0.4, 0.5) is 24.3 Å². The number of piperidine rings is 1. The molecule has 1 saturated heterocycles. The molecule has 0 spiro atoms. The molecular formula is C21H24F3N7OS. The number of alkyl halides is 3. The molecule has 0 amide bonds. The third-order valence-corrected chi connectivity index (χ3v) is 8.07. The third-order valence-electron chi connectivity index (χ3n) is 7.20. The van der Waals surface area contributed by atoms with E-state index in [4.69, 9.17) is 4.74 Å². The fraction of sp³-hybridized carbons (Fsp3) is 0.619. The number of halogens is 3. The summed E-state index contributed by atoms with van der Waals surface area (Å²) in [5.74, 6) is 2.48. The van der Waals surface area contributed by atoms with Crippen LogP contribution in [0, 0.1) is 24.2 Å². The van der Waals surface area contributed by atoms with Crippen molar-refractivity contribution in [2.75, 3.05) is 29.9 Å². The maximum atomic E-state index is 13.3. The number of hydrogen-bond acceptors (Lipinski definition) is 8. The first-order valence-corrected chi connectivity index (χ1v) is 12.0. The van der Waals surface area contributed by atoms with Gasteiger partial charge < -0.3 is 15.0 Å². The second-order valence-corrected chi connectivity index (χ2v) is 10.2. The van der Waals surface area contributed by atoms with Crippen molar-refractivity contribution in [2.24, 2.45) is 17.3 Å². The minimum Gasteiger partial charge on any atom is -0.489 e. The molecule has 1 aliphatic heterocycles. The average Bonchev–Trinajstić information content (AvgIpc) is 3.20. The maximum Gasteiger partial charge on any atom is 0.397 e. The van der Waals surface area contributed by atoms with Gasteiger partial charge in [0.25, 0.3) is 0 Å². The van der Waals surface area contributed by atoms with E-state index in [1.807, 2.05) is 6.92 Å². The van der Waals surface area contributed by atoms with Gasteiger partial charge in [0.2, 0.25) is 11.1 Å². The van der Waals surface area contributed by atoms with Crippen molar-refractivity contribution in [3.63, 3.8) is 0 Å². The van der Waals surface area contributed by atoms with E-state index < -0.39 is 11.6 Å². The molecule has 0 aromatic carbocycles. The average molecular weight is 480 g/mol. The Hall–Kier alpha value is -2.63. The molecule has 8 nitrogen and oxygen atoms in total. The van der Waals surface area contributed by atoms with E-state index >= 15 is 0 Å². The second kappa shape index (κ2) is 7.44. The van der Waals surface area contributed by atoms with Gasteiger partial charge in [-0.05, 0) is 56.6 Å². The summed E-state index contributed by atoms with van der Waals surface area (Å²) in [5, 5.41) is 8.99. The van der Waals surface area contributed by atoms with Gasteiger partial charge in [-0.15, -0.1) is 5.10 Å². The second-order valence-electron chi connectivity index (χ2n) is 9.44. The molecule has 3 fully saturated rings. The number of aromatic nitrogens is 5. The van der Waals surface area contributed by atoms with Crippen molar-refractivity contribution in [3.05, 3.63) is 24.2 Å². The first kappa shape index (κ1) is 20.9. The number of nitrogens with one attached hydrogen (secondary N) is 1. The van der Waals surface area contributed by atoms with Gasteiger partial charge in [-0.2, -0.15) is 22.5 Å². The lowest BCUT2D eigenvalue weighted by Crippen LogP contribution is -2.48. The molecule has 2 aliphatic carbocycles. The van der Waals surface area contributed by atoms with Gasteiger partial charge in [0, 0.05) is 36.9 Å².